The first-order valence-electron chi connectivity index (χ1n) is 18.4. The minimum Gasteiger partial charge on any atom is -0.295 e. The predicted octanol–water partition coefficient (Wildman–Crippen LogP) is 13.4. The van der Waals surface area contributed by atoms with Gasteiger partial charge in [-0.1, -0.05) is 171 Å². The van der Waals surface area contributed by atoms with Crippen LogP contribution in [0.3, 0.4) is 0 Å². The average molecular weight is 656 g/mol. The molecule has 0 aliphatic carbocycles. The van der Waals surface area contributed by atoms with Gasteiger partial charge in [0.05, 0.1) is 0 Å². The molecule has 0 atom stereocenters. The standard InChI is InChI=1S/C50H41N/c1-2-3-30-51-33-47-45(39-26-22-37(23-27-39)35-14-6-4-7-15-35)31-41-18-10-12-20-43(41)49(47)50-44-21-13-11-19-42(44)32-46(48(50)34-51)40-28-24-38(25-29-40)36-16-8-5-9-17-36/h4-29,31-32H,2-3,30,33-34H2,1H3. The van der Waals surface area contributed by atoms with E-state index >= 15 is 0 Å². The van der Waals surface area contributed by atoms with Crippen molar-refractivity contribution in [1.82, 2.24) is 4.90 Å². The van der Waals surface area contributed by atoms with Gasteiger partial charge in [-0.3, -0.25) is 4.90 Å². The molecule has 0 fully saturated rings. The molecule has 0 radical (unpaired) electrons. The molecule has 8 aromatic rings. The van der Waals surface area contributed by atoms with Gasteiger partial charge in [0.25, 0.3) is 0 Å². The molecule has 0 saturated carbocycles. The van der Waals surface area contributed by atoms with Crippen molar-refractivity contribution in [2.45, 2.75) is 32.9 Å². The summed E-state index contributed by atoms with van der Waals surface area (Å²) < 4.78 is 0. The second-order valence-electron chi connectivity index (χ2n) is 13.9. The van der Waals surface area contributed by atoms with Crippen LogP contribution in [-0.2, 0) is 13.1 Å². The van der Waals surface area contributed by atoms with Gasteiger partial charge < -0.3 is 0 Å². The first-order valence-corrected chi connectivity index (χ1v) is 18.4. The molecule has 0 amide bonds. The van der Waals surface area contributed by atoms with Crippen LogP contribution in [0.5, 0.6) is 0 Å². The Morgan fingerprint density at radius 2 is 0.784 bits per heavy atom. The van der Waals surface area contributed by atoms with E-state index in [2.05, 4.69) is 182 Å². The highest BCUT2D eigenvalue weighted by Gasteiger charge is 2.28. The van der Waals surface area contributed by atoms with E-state index in [-0.39, 0.29) is 0 Å². The van der Waals surface area contributed by atoms with Gasteiger partial charge in [0.1, 0.15) is 0 Å². The zero-order valence-electron chi connectivity index (χ0n) is 29.1. The van der Waals surface area contributed by atoms with Gasteiger partial charge in [-0.2, -0.15) is 0 Å². The normalized spacial score (nSPS) is 12.8. The lowest BCUT2D eigenvalue weighted by molar-refractivity contribution is 0.256. The van der Waals surface area contributed by atoms with Crippen molar-refractivity contribution in [2.75, 3.05) is 6.54 Å². The van der Waals surface area contributed by atoms with Gasteiger partial charge in [0.15, 0.2) is 0 Å². The van der Waals surface area contributed by atoms with Crippen LogP contribution in [-0.4, -0.2) is 11.4 Å². The minimum atomic E-state index is 0.908. The Balaban J connectivity index is 1.31. The van der Waals surface area contributed by atoms with Crippen LogP contribution in [0.2, 0.25) is 0 Å². The molecule has 1 aliphatic heterocycles. The second kappa shape index (κ2) is 13.5. The van der Waals surface area contributed by atoms with Crippen molar-refractivity contribution < 1.29 is 0 Å². The molecule has 0 bridgehead atoms. The Morgan fingerprint density at radius 1 is 0.412 bits per heavy atom. The van der Waals surface area contributed by atoms with Gasteiger partial charge in [0.2, 0.25) is 0 Å². The summed E-state index contributed by atoms with van der Waals surface area (Å²) in [5.41, 5.74) is 15.8. The molecule has 0 unspecified atom stereocenters. The summed E-state index contributed by atoms with van der Waals surface area (Å²) in [5.74, 6) is 0. The molecule has 1 aliphatic rings. The van der Waals surface area contributed by atoms with Gasteiger partial charge in [-0.15, -0.1) is 0 Å². The molecule has 1 nitrogen and oxygen atoms in total. The van der Waals surface area contributed by atoms with Crippen LogP contribution in [0.4, 0.5) is 0 Å². The summed E-state index contributed by atoms with van der Waals surface area (Å²) in [6, 6.07) is 62.9. The minimum absolute atomic E-state index is 0.908. The highest BCUT2D eigenvalue weighted by Crippen LogP contribution is 2.48. The van der Waals surface area contributed by atoms with E-state index in [9.17, 15) is 0 Å². The Kier molecular flexibility index (Phi) is 8.28. The lowest BCUT2D eigenvalue weighted by atomic mass is 9.82. The first kappa shape index (κ1) is 31.2. The zero-order valence-corrected chi connectivity index (χ0v) is 29.1. The number of hydrogen-bond donors (Lipinski definition) is 0. The summed E-state index contributed by atoms with van der Waals surface area (Å²) in [5, 5.41) is 5.23. The average Bonchev–Trinajstić information content (AvgIpc) is 3.38. The summed E-state index contributed by atoms with van der Waals surface area (Å²) in [6.45, 7) is 5.19. The van der Waals surface area contributed by atoms with Crippen LogP contribution in [0.15, 0.2) is 170 Å². The third-order valence-electron chi connectivity index (χ3n) is 10.8. The van der Waals surface area contributed by atoms with E-state index in [1.54, 1.807) is 0 Å². The van der Waals surface area contributed by atoms with Gasteiger partial charge in [0, 0.05) is 13.1 Å². The molecule has 0 spiro atoms. The quantitative estimate of drug-likeness (QED) is 0.165. The lowest BCUT2D eigenvalue weighted by Gasteiger charge is -2.23. The van der Waals surface area contributed by atoms with E-state index in [1.807, 2.05) is 0 Å². The largest absolute Gasteiger partial charge is 0.295 e. The Labute approximate surface area is 301 Å². The molecule has 1 heteroatoms. The van der Waals surface area contributed by atoms with Crippen LogP contribution < -0.4 is 0 Å². The molecule has 8 aromatic carbocycles. The molecule has 0 aromatic heterocycles. The van der Waals surface area contributed by atoms with Gasteiger partial charge in [-0.25, -0.2) is 0 Å². The maximum absolute atomic E-state index is 2.71. The van der Waals surface area contributed by atoms with Crippen LogP contribution in [0, 0.1) is 0 Å². The number of rotatable bonds is 7. The fraction of sp³-hybridized carbons (Fsp3) is 0.120. The summed E-state index contributed by atoms with van der Waals surface area (Å²) >= 11 is 0. The van der Waals surface area contributed by atoms with Crippen molar-refractivity contribution >= 4 is 21.5 Å². The molecule has 1 heterocycles. The monoisotopic (exact) mass is 655 g/mol. The van der Waals surface area contributed by atoms with E-state index in [1.165, 1.54) is 101 Å². The zero-order chi connectivity index (χ0) is 34.1. The maximum Gasteiger partial charge on any atom is 0.0249 e. The Morgan fingerprint density at radius 3 is 1.22 bits per heavy atom. The van der Waals surface area contributed by atoms with Crippen molar-refractivity contribution in [2.24, 2.45) is 0 Å². The molecule has 0 saturated heterocycles. The topological polar surface area (TPSA) is 3.24 Å². The molecular weight excluding hydrogens is 615 g/mol. The molecule has 0 N–H and O–H groups in total. The van der Waals surface area contributed by atoms with Crippen molar-refractivity contribution in [3.63, 3.8) is 0 Å². The molecule has 51 heavy (non-hydrogen) atoms. The lowest BCUT2D eigenvalue weighted by Crippen LogP contribution is -2.23. The van der Waals surface area contributed by atoms with E-state index in [0.717, 1.165) is 19.6 Å². The van der Waals surface area contributed by atoms with E-state index < -0.39 is 0 Å². The SMILES string of the molecule is CCCCN1Cc2c(-c3ccc(-c4ccccc4)cc3)cc3ccccc3c2-c2c(c(-c3ccc(-c4ccccc4)cc3)cc3ccccc23)C1. The third-order valence-corrected chi connectivity index (χ3v) is 10.8. The van der Waals surface area contributed by atoms with E-state index in [0.29, 0.717) is 0 Å². The fourth-order valence-corrected chi connectivity index (χ4v) is 8.18. The van der Waals surface area contributed by atoms with Crippen molar-refractivity contribution in [3.8, 4) is 55.6 Å². The third kappa shape index (κ3) is 5.84. The Hall–Kier alpha value is -5.76. The van der Waals surface area contributed by atoms with Crippen LogP contribution >= 0.6 is 0 Å². The van der Waals surface area contributed by atoms with Gasteiger partial charge >= 0.3 is 0 Å². The fourth-order valence-electron chi connectivity index (χ4n) is 8.18. The van der Waals surface area contributed by atoms with Crippen LogP contribution in [0.1, 0.15) is 30.9 Å². The van der Waals surface area contributed by atoms with Crippen LogP contribution in [0.25, 0.3) is 77.2 Å². The van der Waals surface area contributed by atoms with Crippen molar-refractivity contribution in [3.05, 3.63) is 181 Å². The molecular formula is C50H41N. The number of hydrogen-bond acceptors (Lipinski definition) is 1. The smallest absolute Gasteiger partial charge is 0.0249 e. The molecule has 246 valence electrons. The van der Waals surface area contributed by atoms with E-state index in [4.69, 9.17) is 0 Å². The van der Waals surface area contributed by atoms with Gasteiger partial charge in [-0.05, 0) is 113 Å². The highest BCUT2D eigenvalue weighted by atomic mass is 15.1. The Bertz CT molecular complexity index is 2300. The number of benzene rings is 8. The second-order valence-corrected chi connectivity index (χ2v) is 13.9. The number of nitrogens with zero attached hydrogens (tertiary/aromatic N) is 1. The number of fused-ring (bicyclic) bond motifs is 7. The van der Waals surface area contributed by atoms with Crippen molar-refractivity contribution in [1.29, 1.82) is 0 Å². The molecule has 9 rings (SSSR count). The number of unbranched alkanes of at least 4 members (excludes halogenated alkanes) is 1. The maximum atomic E-state index is 2.71. The summed E-state index contributed by atoms with van der Waals surface area (Å²) in [4.78, 5) is 2.71. The first-order chi connectivity index (χ1) is 25.2. The summed E-state index contributed by atoms with van der Waals surface area (Å²) in [6.07, 6.45) is 2.35. The predicted molar refractivity (Wildman–Crippen MR) is 218 cm³/mol. The highest BCUT2D eigenvalue weighted by molar-refractivity contribution is 6.12. The summed E-state index contributed by atoms with van der Waals surface area (Å²) in [7, 11) is 0.